The molecular formula is C13H14N2O. The highest BCUT2D eigenvalue weighted by atomic mass is 16.1. The third-order valence-corrected chi connectivity index (χ3v) is 2.64. The number of hydrogen-bond acceptors (Lipinski definition) is 2. The first-order valence-corrected chi connectivity index (χ1v) is 5.16. The molecule has 1 heterocycles. The molecule has 0 unspecified atom stereocenters. The van der Waals surface area contributed by atoms with Gasteiger partial charge in [-0.05, 0) is 17.7 Å². The van der Waals surface area contributed by atoms with Crippen molar-refractivity contribution in [2.45, 2.75) is 6.04 Å². The van der Waals surface area contributed by atoms with Crippen molar-refractivity contribution in [2.75, 3.05) is 0 Å². The Balaban J connectivity index is 2.27. The molecular weight excluding hydrogens is 200 g/mol. The highest BCUT2D eigenvalue weighted by Crippen LogP contribution is 2.15. The predicted octanol–water partition coefficient (Wildman–Crippen LogP) is 1.91. The van der Waals surface area contributed by atoms with Crippen LogP contribution < -0.4 is 5.73 Å². The number of aryl methyl sites for hydroxylation is 1. The highest BCUT2D eigenvalue weighted by Gasteiger charge is 2.19. The van der Waals surface area contributed by atoms with Crippen LogP contribution in [0.2, 0.25) is 0 Å². The third kappa shape index (κ3) is 1.90. The normalized spacial score (nSPS) is 12.4. The van der Waals surface area contributed by atoms with Gasteiger partial charge in [0.25, 0.3) is 0 Å². The molecule has 0 bridgehead atoms. The molecule has 0 fully saturated rings. The molecule has 0 radical (unpaired) electrons. The summed E-state index contributed by atoms with van der Waals surface area (Å²) in [5, 5.41) is 0. The number of ketones is 1. The Hall–Kier alpha value is -1.87. The third-order valence-electron chi connectivity index (χ3n) is 2.64. The maximum absolute atomic E-state index is 12.1. The summed E-state index contributed by atoms with van der Waals surface area (Å²) >= 11 is 0. The van der Waals surface area contributed by atoms with Crippen LogP contribution in [-0.4, -0.2) is 10.4 Å². The molecule has 3 nitrogen and oxygen atoms in total. The molecule has 0 aliphatic carbocycles. The van der Waals surface area contributed by atoms with Gasteiger partial charge in [0.05, 0.1) is 11.7 Å². The molecule has 0 spiro atoms. The van der Waals surface area contributed by atoms with E-state index in [1.54, 1.807) is 10.6 Å². The number of benzene rings is 1. The van der Waals surface area contributed by atoms with Crippen LogP contribution in [0, 0.1) is 0 Å². The van der Waals surface area contributed by atoms with Crippen LogP contribution >= 0.6 is 0 Å². The van der Waals surface area contributed by atoms with Gasteiger partial charge in [-0.15, -0.1) is 0 Å². The second-order valence-corrected chi connectivity index (χ2v) is 3.76. The smallest absolute Gasteiger partial charge is 0.200 e. The van der Waals surface area contributed by atoms with Gasteiger partial charge >= 0.3 is 0 Å². The van der Waals surface area contributed by atoms with Gasteiger partial charge in [-0.1, -0.05) is 30.3 Å². The number of nitrogens with zero attached hydrogens (tertiary/aromatic N) is 1. The maximum atomic E-state index is 12.1. The number of aromatic nitrogens is 1. The number of nitrogens with two attached hydrogens (primary N) is 1. The van der Waals surface area contributed by atoms with E-state index in [2.05, 4.69) is 0 Å². The fourth-order valence-electron chi connectivity index (χ4n) is 1.69. The van der Waals surface area contributed by atoms with Gasteiger partial charge < -0.3 is 10.3 Å². The Labute approximate surface area is 94.5 Å². The lowest BCUT2D eigenvalue weighted by Gasteiger charge is -2.11. The summed E-state index contributed by atoms with van der Waals surface area (Å²) < 4.78 is 1.78. The molecule has 1 atom stereocenters. The molecule has 82 valence electrons. The molecule has 0 aliphatic rings. The van der Waals surface area contributed by atoms with Crippen molar-refractivity contribution in [3.05, 3.63) is 59.9 Å². The van der Waals surface area contributed by atoms with Crippen molar-refractivity contribution in [1.82, 2.24) is 4.57 Å². The molecule has 3 heteroatoms. The zero-order chi connectivity index (χ0) is 11.5. The molecule has 0 amide bonds. The molecule has 2 aromatic rings. The van der Waals surface area contributed by atoms with Crippen molar-refractivity contribution >= 4 is 5.78 Å². The average Bonchev–Trinajstić information content (AvgIpc) is 2.75. The molecule has 1 aromatic heterocycles. The molecule has 0 saturated heterocycles. The van der Waals surface area contributed by atoms with E-state index in [0.29, 0.717) is 5.69 Å². The molecule has 2 rings (SSSR count). The lowest BCUT2D eigenvalue weighted by molar-refractivity contribution is 0.0953. The SMILES string of the molecule is Cn1cccc1C(=O)[C@H](N)c1ccccc1. The Bertz CT molecular complexity index is 488. The molecule has 0 aliphatic heterocycles. The van der Waals surface area contributed by atoms with E-state index in [9.17, 15) is 4.79 Å². The van der Waals surface area contributed by atoms with Gasteiger partial charge in [-0.3, -0.25) is 4.79 Å². The summed E-state index contributed by atoms with van der Waals surface area (Å²) in [6.07, 6.45) is 1.84. The average molecular weight is 214 g/mol. The maximum Gasteiger partial charge on any atom is 0.200 e. The summed E-state index contributed by atoms with van der Waals surface area (Å²) in [7, 11) is 1.84. The van der Waals surface area contributed by atoms with Crippen LogP contribution in [-0.2, 0) is 7.05 Å². The van der Waals surface area contributed by atoms with Crippen molar-refractivity contribution in [2.24, 2.45) is 12.8 Å². The monoisotopic (exact) mass is 214 g/mol. The topological polar surface area (TPSA) is 48.0 Å². The Morgan fingerprint density at radius 3 is 2.44 bits per heavy atom. The number of carbonyl (C=O) groups excluding carboxylic acids is 1. The summed E-state index contributed by atoms with van der Waals surface area (Å²) in [5.74, 6) is -0.0568. The lowest BCUT2D eigenvalue weighted by Crippen LogP contribution is -2.23. The first kappa shape index (κ1) is 10.6. The van der Waals surface area contributed by atoms with Gasteiger partial charge in [-0.25, -0.2) is 0 Å². The Morgan fingerprint density at radius 2 is 1.88 bits per heavy atom. The minimum atomic E-state index is -0.588. The van der Waals surface area contributed by atoms with Crippen LogP contribution in [0.4, 0.5) is 0 Å². The lowest BCUT2D eigenvalue weighted by atomic mass is 10.0. The zero-order valence-electron chi connectivity index (χ0n) is 9.13. The van der Waals surface area contributed by atoms with E-state index in [0.717, 1.165) is 5.56 Å². The van der Waals surface area contributed by atoms with E-state index in [-0.39, 0.29) is 5.78 Å². The van der Waals surface area contributed by atoms with Crippen molar-refractivity contribution in [3.8, 4) is 0 Å². The predicted molar refractivity (Wildman–Crippen MR) is 63.1 cm³/mol. The van der Waals surface area contributed by atoms with E-state index >= 15 is 0 Å². The minimum Gasteiger partial charge on any atom is -0.348 e. The summed E-state index contributed by atoms with van der Waals surface area (Å²) in [5.41, 5.74) is 7.41. The van der Waals surface area contributed by atoms with Gasteiger partial charge in [0.2, 0.25) is 0 Å². The number of carbonyl (C=O) groups is 1. The fourth-order valence-corrected chi connectivity index (χ4v) is 1.69. The van der Waals surface area contributed by atoms with Crippen LogP contribution in [0.25, 0.3) is 0 Å². The van der Waals surface area contributed by atoms with Crippen molar-refractivity contribution in [3.63, 3.8) is 0 Å². The first-order chi connectivity index (χ1) is 7.70. The number of hydrogen-bond donors (Lipinski definition) is 1. The standard InChI is InChI=1S/C13H14N2O/c1-15-9-5-8-11(15)13(16)12(14)10-6-3-2-4-7-10/h2-9,12H,14H2,1H3/t12-/m1/s1. The van der Waals surface area contributed by atoms with E-state index in [1.807, 2.05) is 49.6 Å². The van der Waals surface area contributed by atoms with Gasteiger partial charge in [0.1, 0.15) is 0 Å². The van der Waals surface area contributed by atoms with Gasteiger partial charge in [0.15, 0.2) is 5.78 Å². The van der Waals surface area contributed by atoms with E-state index in [4.69, 9.17) is 5.73 Å². The summed E-state index contributed by atoms with van der Waals surface area (Å²) in [6, 6.07) is 12.4. The van der Waals surface area contributed by atoms with Crippen LogP contribution in [0.5, 0.6) is 0 Å². The first-order valence-electron chi connectivity index (χ1n) is 5.16. The van der Waals surface area contributed by atoms with Crippen LogP contribution in [0.15, 0.2) is 48.7 Å². The minimum absolute atomic E-state index is 0.0568. The number of rotatable bonds is 3. The highest BCUT2D eigenvalue weighted by molar-refractivity contribution is 5.99. The van der Waals surface area contributed by atoms with E-state index in [1.165, 1.54) is 0 Å². The van der Waals surface area contributed by atoms with Gasteiger partial charge in [0, 0.05) is 13.2 Å². The second kappa shape index (κ2) is 4.33. The Morgan fingerprint density at radius 1 is 1.19 bits per heavy atom. The van der Waals surface area contributed by atoms with Crippen molar-refractivity contribution < 1.29 is 4.79 Å². The van der Waals surface area contributed by atoms with Crippen LogP contribution in [0.1, 0.15) is 22.1 Å². The molecule has 16 heavy (non-hydrogen) atoms. The summed E-state index contributed by atoms with van der Waals surface area (Å²) in [4.78, 5) is 12.1. The van der Waals surface area contributed by atoms with E-state index < -0.39 is 6.04 Å². The molecule has 1 aromatic carbocycles. The summed E-state index contributed by atoms with van der Waals surface area (Å²) in [6.45, 7) is 0. The van der Waals surface area contributed by atoms with Crippen molar-refractivity contribution in [1.29, 1.82) is 0 Å². The van der Waals surface area contributed by atoms with Crippen LogP contribution in [0.3, 0.4) is 0 Å². The quantitative estimate of drug-likeness (QED) is 0.793. The largest absolute Gasteiger partial charge is 0.348 e. The fraction of sp³-hybridized carbons (Fsp3) is 0.154. The zero-order valence-corrected chi connectivity index (χ0v) is 9.13. The molecule has 0 saturated carbocycles. The Kier molecular flexibility index (Phi) is 2.88. The number of Topliss-reactive ketones (excluding diaryl/α,β-unsaturated/α-hetero) is 1. The molecule has 2 N–H and O–H groups in total. The second-order valence-electron chi connectivity index (χ2n) is 3.76. The van der Waals surface area contributed by atoms with Gasteiger partial charge in [-0.2, -0.15) is 0 Å².